The highest BCUT2D eigenvalue weighted by molar-refractivity contribution is 5.81. The summed E-state index contributed by atoms with van der Waals surface area (Å²) in [5.41, 5.74) is -0.0373. The molecule has 2 saturated carbocycles. The van der Waals surface area contributed by atoms with Gasteiger partial charge in [0.25, 0.3) is 0 Å². The lowest BCUT2D eigenvalue weighted by molar-refractivity contribution is -0.152. The van der Waals surface area contributed by atoms with Crippen LogP contribution in [0.5, 0.6) is 0 Å². The molecule has 0 spiro atoms. The van der Waals surface area contributed by atoms with E-state index in [0.717, 1.165) is 25.7 Å². The molecule has 0 bridgehead atoms. The molecule has 0 saturated heterocycles. The van der Waals surface area contributed by atoms with E-state index in [1.807, 2.05) is 6.92 Å². The van der Waals surface area contributed by atoms with Gasteiger partial charge in [0, 0.05) is 6.04 Å². The van der Waals surface area contributed by atoms with Gasteiger partial charge in [0.05, 0.1) is 6.61 Å². The molecule has 104 valence electrons. The first-order chi connectivity index (χ1) is 8.47. The molecular weight excluding hydrogens is 226 g/mol. The van der Waals surface area contributed by atoms with E-state index in [4.69, 9.17) is 4.74 Å². The van der Waals surface area contributed by atoms with E-state index in [9.17, 15) is 4.79 Å². The Morgan fingerprint density at radius 3 is 2.56 bits per heavy atom. The number of hydrogen-bond acceptors (Lipinski definition) is 3. The van der Waals surface area contributed by atoms with Crippen molar-refractivity contribution in [1.82, 2.24) is 5.32 Å². The molecule has 0 aromatic rings. The summed E-state index contributed by atoms with van der Waals surface area (Å²) in [6.07, 6.45) is 7.72. The van der Waals surface area contributed by atoms with Gasteiger partial charge in [-0.1, -0.05) is 20.3 Å². The average molecular weight is 253 g/mol. The summed E-state index contributed by atoms with van der Waals surface area (Å²) in [5, 5.41) is 3.59. The molecule has 2 aliphatic rings. The molecule has 0 aromatic carbocycles. The molecule has 0 heterocycles. The van der Waals surface area contributed by atoms with Gasteiger partial charge in [-0.2, -0.15) is 0 Å². The van der Waals surface area contributed by atoms with Crippen molar-refractivity contribution in [2.45, 2.75) is 77.3 Å². The number of carbonyl (C=O) groups excluding carboxylic acids is 1. The van der Waals surface area contributed by atoms with Crippen LogP contribution >= 0.6 is 0 Å². The number of carbonyl (C=O) groups is 1. The minimum absolute atomic E-state index is 0.0189. The molecule has 1 atom stereocenters. The maximum absolute atomic E-state index is 12.4. The second-order valence-corrected chi connectivity index (χ2v) is 6.74. The molecule has 1 unspecified atom stereocenters. The molecular formula is C15H27NO2. The Morgan fingerprint density at radius 1 is 1.22 bits per heavy atom. The number of nitrogens with one attached hydrogen (secondary N) is 1. The van der Waals surface area contributed by atoms with E-state index in [1.54, 1.807) is 0 Å². The third-order valence-corrected chi connectivity index (χ3v) is 4.41. The number of rotatable bonds is 4. The zero-order valence-electron chi connectivity index (χ0n) is 12.1. The SMILES string of the molecule is CCOC(=O)C1(NC2CC2)CCCC(C)(C)CC1. The summed E-state index contributed by atoms with van der Waals surface area (Å²) in [5.74, 6) is -0.0189. The molecule has 2 aliphatic carbocycles. The molecule has 3 nitrogen and oxygen atoms in total. The zero-order valence-corrected chi connectivity index (χ0v) is 12.1. The summed E-state index contributed by atoms with van der Waals surface area (Å²) in [6.45, 7) is 7.00. The molecule has 0 radical (unpaired) electrons. The van der Waals surface area contributed by atoms with E-state index >= 15 is 0 Å². The first-order valence-electron chi connectivity index (χ1n) is 7.42. The van der Waals surface area contributed by atoms with Gasteiger partial charge in [-0.05, 0) is 50.9 Å². The highest BCUT2D eigenvalue weighted by Gasteiger charge is 2.45. The monoisotopic (exact) mass is 253 g/mol. The van der Waals surface area contributed by atoms with Crippen molar-refractivity contribution < 1.29 is 9.53 Å². The Bertz CT molecular complexity index is 310. The minimum Gasteiger partial charge on any atom is -0.465 e. The highest BCUT2D eigenvalue weighted by atomic mass is 16.5. The largest absolute Gasteiger partial charge is 0.465 e. The van der Waals surface area contributed by atoms with Crippen LogP contribution in [0.2, 0.25) is 0 Å². The topological polar surface area (TPSA) is 38.3 Å². The maximum atomic E-state index is 12.4. The van der Waals surface area contributed by atoms with Crippen LogP contribution in [0.15, 0.2) is 0 Å². The van der Waals surface area contributed by atoms with Crippen molar-refractivity contribution in [1.29, 1.82) is 0 Å². The van der Waals surface area contributed by atoms with Crippen LogP contribution in [0.25, 0.3) is 0 Å². The lowest BCUT2D eigenvalue weighted by Gasteiger charge is -2.32. The number of ether oxygens (including phenoxy) is 1. The smallest absolute Gasteiger partial charge is 0.326 e. The summed E-state index contributed by atoms with van der Waals surface area (Å²) >= 11 is 0. The van der Waals surface area contributed by atoms with Gasteiger partial charge in [-0.25, -0.2) is 0 Å². The molecule has 0 aromatic heterocycles. The predicted octanol–water partition coefficient (Wildman–Crippen LogP) is 3.03. The quantitative estimate of drug-likeness (QED) is 0.618. The van der Waals surface area contributed by atoms with E-state index < -0.39 is 5.54 Å². The lowest BCUT2D eigenvalue weighted by atomic mass is 9.83. The van der Waals surface area contributed by atoms with Gasteiger partial charge >= 0.3 is 5.97 Å². The minimum atomic E-state index is -0.398. The Labute approximate surface area is 111 Å². The zero-order chi connectivity index (χ0) is 13.2. The Hall–Kier alpha value is -0.570. The number of hydrogen-bond donors (Lipinski definition) is 1. The van der Waals surface area contributed by atoms with Crippen molar-refractivity contribution in [3.8, 4) is 0 Å². The maximum Gasteiger partial charge on any atom is 0.326 e. The van der Waals surface area contributed by atoms with Crippen LogP contribution in [0.1, 0.15) is 65.7 Å². The Morgan fingerprint density at radius 2 is 1.94 bits per heavy atom. The van der Waals surface area contributed by atoms with Crippen molar-refractivity contribution in [2.75, 3.05) is 6.61 Å². The molecule has 3 heteroatoms. The fourth-order valence-corrected chi connectivity index (χ4v) is 2.97. The van der Waals surface area contributed by atoms with Gasteiger partial charge in [0.1, 0.15) is 5.54 Å². The fourth-order valence-electron chi connectivity index (χ4n) is 2.97. The highest BCUT2D eigenvalue weighted by Crippen LogP contribution is 2.40. The van der Waals surface area contributed by atoms with Crippen molar-refractivity contribution in [2.24, 2.45) is 5.41 Å². The predicted molar refractivity (Wildman–Crippen MR) is 72.4 cm³/mol. The van der Waals surface area contributed by atoms with Crippen LogP contribution in [0, 0.1) is 5.41 Å². The molecule has 0 amide bonds. The van der Waals surface area contributed by atoms with E-state index in [1.165, 1.54) is 19.3 Å². The number of esters is 1. The Kier molecular flexibility index (Phi) is 4.00. The standard InChI is InChI=1S/C15H27NO2/c1-4-18-13(17)15(16-12-6-7-12)9-5-8-14(2,3)10-11-15/h12,16H,4-11H2,1-3H3. The van der Waals surface area contributed by atoms with Crippen LogP contribution in [-0.2, 0) is 9.53 Å². The molecule has 0 aliphatic heterocycles. The second kappa shape index (κ2) is 5.20. The normalized spacial score (nSPS) is 31.7. The summed E-state index contributed by atoms with van der Waals surface area (Å²) < 4.78 is 5.34. The van der Waals surface area contributed by atoms with Crippen LogP contribution in [-0.4, -0.2) is 24.2 Å². The summed E-state index contributed by atoms with van der Waals surface area (Å²) in [7, 11) is 0. The van der Waals surface area contributed by atoms with Crippen LogP contribution in [0.3, 0.4) is 0 Å². The molecule has 18 heavy (non-hydrogen) atoms. The van der Waals surface area contributed by atoms with Gasteiger partial charge in [0.15, 0.2) is 0 Å². The molecule has 2 rings (SSSR count). The Balaban J connectivity index is 2.10. The van der Waals surface area contributed by atoms with Crippen molar-refractivity contribution >= 4 is 5.97 Å². The van der Waals surface area contributed by atoms with Gasteiger partial charge in [-0.15, -0.1) is 0 Å². The summed E-state index contributed by atoms with van der Waals surface area (Å²) in [4.78, 5) is 12.4. The van der Waals surface area contributed by atoms with Gasteiger partial charge in [-0.3, -0.25) is 10.1 Å². The van der Waals surface area contributed by atoms with Crippen LogP contribution < -0.4 is 5.32 Å². The third-order valence-electron chi connectivity index (χ3n) is 4.41. The van der Waals surface area contributed by atoms with Gasteiger partial charge in [0.2, 0.25) is 0 Å². The second-order valence-electron chi connectivity index (χ2n) is 6.74. The molecule has 1 N–H and O–H groups in total. The van der Waals surface area contributed by atoms with E-state index in [-0.39, 0.29) is 5.97 Å². The third kappa shape index (κ3) is 3.25. The lowest BCUT2D eigenvalue weighted by Crippen LogP contribution is -2.53. The first kappa shape index (κ1) is 13.9. The van der Waals surface area contributed by atoms with Crippen molar-refractivity contribution in [3.05, 3.63) is 0 Å². The van der Waals surface area contributed by atoms with Crippen LogP contribution in [0.4, 0.5) is 0 Å². The average Bonchev–Trinajstić information content (AvgIpc) is 3.10. The van der Waals surface area contributed by atoms with Gasteiger partial charge < -0.3 is 4.74 Å². The van der Waals surface area contributed by atoms with Crippen molar-refractivity contribution in [3.63, 3.8) is 0 Å². The molecule has 2 fully saturated rings. The fraction of sp³-hybridized carbons (Fsp3) is 0.933. The summed E-state index contributed by atoms with van der Waals surface area (Å²) in [6, 6.07) is 0.551. The van der Waals surface area contributed by atoms with E-state index in [0.29, 0.717) is 18.1 Å². The van der Waals surface area contributed by atoms with E-state index in [2.05, 4.69) is 19.2 Å². The first-order valence-corrected chi connectivity index (χ1v) is 7.42.